The van der Waals surface area contributed by atoms with Gasteiger partial charge in [0.25, 0.3) is 0 Å². The van der Waals surface area contributed by atoms with Gasteiger partial charge >= 0.3 is 5.97 Å². The molecule has 2 aliphatic heterocycles. The molecule has 5 aliphatic rings. The van der Waals surface area contributed by atoms with E-state index in [-0.39, 0.29) is 23.9 Å². The number of aliphatic hydroxyl groups is 3. The number of fused-ring (bicyclic) bond motifs is 3. The van der Waals surface area contributed by atoms with Gasteiger partial charge in [-0.25, -0.2) is 4.79 Å². The van der Waals surface area contributed by atoms with E-state index in [1.54, 1.807) is 0 Å². The van der Waals surface area contributed by atoms with Crippen molar-refractivity contribution in [2.75, 3.05) is 6.61 Å². The number of epoxide rings is 1. The summed E-state index contributed by atoms with van der Waals surface area (Å²) in [5.74, 6) is -0.338. The third kappa shape index (κ3) is 1.59. The predicted molar refractivity (Wildman–Crippen MR) is 91.0 cm³/mol. The summed E-state index contributed by atoms with van der Waals surface area (Å²) >= 11 is 0. The van der Waals surface area contributed by atoms with Gasteiger partial charge in [-0.2, -0.15) is 0 Å². The maximum atomic E-state index is 12.0. The Labute approximate surface area is 153 Å². The zero-order valence-electron chi connectivity index (χ0n) is 15.6. The molecule has 7 atom stereocenters. The van der Waals surface area contributed by atoms with Crippen molar-refractivity contribution >= 4 is 5.97 Å². The van der Waals surface area contributed by atoms with Crippen LogP contribution in [-0.4, -0.2) is 56.9 Å². The molecule has 144 valence electrons. The lowest BCUT2D eigenvalue weighted by atomic mass is 9.44. The lowest BCUT2D eigenvalue weighted by Crippen LogP contribution is -2.75. The van der Waals surface area contributed by atoms with Crippen LogP contribution in [0.5, 0.6) is 0 Å². The van der Waals surface area contributed by atoms with Crippen LogP contribution in [0.3, 0.4) is 0 Å². The van der Waals surface area contributed by atoms with Crippen molar-refractivity contribution in [3.8, 4) is 0 Å². The lowest BCUT2D eigenvalue weighted by Gasteiger charge is -2.62. The second kappa shape index (κ2) is 4.72. The summed E-state index contributed by atoms with van der Waals surface area (Å²) in [5.41, 5.74) is -2.29. The predicted octanol–water partition coefficient (Wildman–Crippen LogP) is 1.07. The van der Waals surface area contributed by atoms with E-state index < -0.39 is 28.3 Å². The molecule has 2 heterocycles. The fraction of sp³-hybridized carbons (Fsp3) is 0.850. The maximum absolute atomic E-state index is 12.0. The molecule has 3 aliphatic carbocycles. The zero-order chi connectivity index (χ0) is 18.7. The number of hydrogen-bond donors (Lipinski definition) is 3. The molecule has 1 spiro atoms. The van der Waals surface area contributed by atoms with Crippen LogP contribution in [0, 0.1) is 17.3 Å². The first kappa shape index (κ1) is 17.2. The van der Waals surface area contributed by atoms with E-state index in [4.69, 9.17) is 9.47 Å². The van der Waals surface area contributed by atoms with Gasteiger partial charge in [0.1, 0.15) is 18.3 Å². The van der Waals surface area contributed by atoms with Crippen LogP contribution in [0.1, 0.15) is 52.9 Å². The number of ether oxygens (including phenoxy) is 2. The van der Waals surface area contributed by atoms with Gasteiger partial charge in [-0.1, -0.05) is 20.8 Å². The first-order valence-electron chi connectivity index (χ1n) is 9.81. The lowest BCUT2D eigenvalue weighted by molar-refractivity contribution is -0.263. The van der Waals surface area contributed by atoms with Crippen LogP contribution in [-0.2, 0) is 14.3 Å². The smallest absolute Gasteiger partial charge is 0.334 e. The number of esters is 1. The maximum Gasteiger partial charge on any atom is 0.334 e. The largest absolute Gasteiger partial charge is 0.458 e. The van der Waals surface area contributed by atoms with Gasteiger partial charge in [-0.15, -0.1) is 0 Å². The van der Waals surface area contributed by atoms with Gasteiger partial charge in [0, 0.05) is 11.0 Å². The van der Waals surface area contributed by atoms with Crippen LogP contribution in [0.4, 0.5) is 0 Å². The van der Waals surface area contributed by atoms with Gasteiger partial charge in [0.05, 0.1) is 11.7 Å². The molecule has 0 aromatic rings. The quantitative estimate of drug-likeness (QED) is 0.475. The van der Waals surface area contributed by atoms with E-state index >= 15 is 0 Å². The summed E-state index contributed by atoms with van der Waals surface area (Å²) in [6, 6.07) is 0. The first-order chi connectivity index (χ1) is 12.1. The van der Waals surface area contributed by atoms with Gasteiger partial charge in [-0.3, -0.25) is 0 Å². The second-order valence-corrected chi connectivity index (χ2v) is 9.59. The highest BCUT2D eigenvalue weighted by Crippen LogP contribution is 2.72. The van der Waals surface area contributed by atoms with E-state index in [1.807, 2.05) is 13.8 Å². The average molecular weight is 364 g/mol. The molecule has 5 rings (SSSR count). The van der Waals surface area contributed by atoms with Crippen molar-refractivity contribution in [3.05, 3.63) is 11.1 Å². The molecule has 1 saturated heterocycles. The number of aliphatic hydroxyl groups excluding tert-OH is 1. The molecule has 0 bridgehead atoms. The fourth-order valence-electron chi connectivity index (χ4n) is 6.75. The summed E-state index contributed by atoms with van der Waals surface area (Å²) in [4.78, 5) is 12.0. The molecule has 2 saturated carbocycles. The summed E-state index contributed by atoms with van der Waals surface area (Å²) in [6.07, 6.45) is 1.21. The summed E-state index contributed by atoms with van der Waals surface area (Å²) < 4.78 is 11.3. The zero-order valence-corrected chi connectivity index (χ0v) is 15.6. The van der Waals surface area contributed by atoms with E-state index in [2.05, 4.69) is 6.92 Å². The van der Waals surface area contributed by atoms with E-state index in [0.29, 0.717) is 38.7 Å². The molecule has 0 aromatic heterocycles. The Bertz CT molecular complexity index is 730. The van der Waals surface area contributed by atoms with Crippen molar-refractivity contribution in [1.29, 1.82) is 0 Å². The van der Waals surface area contributed by atoms with E-state index in [9.17, 15) is 20.1 Å². The van der Waals surface area contributed by atoms with Crippen molar-refractivity contribution in [2.24, 2.45) is 17.3 Å². The van der Waals surface area contributed by atoms with Gasteiger partial charge in [0.15, 0.2) is 5.60 Å². The topological polar surface area (TPSA) is 99.5 Å². The molecular formula is C20H28O6. The highest BCUT2D eigenvalue weighted by Gasteiger charge is 2.85. The summed E-state index contributed by atoms with van der Waals surface area (Å²) in [6.45, 7) is 6.17. The molecule has 6 heteroatoms. The molecule has 6 nitrogen and oxygen atoms in total. The Balaban J connectivity index is 1.60. The Morgan fingerprint density at radius 2 is 1.92 bits per heavy atom. The first-order valence-corrected chi connectivity index (χ1v) is 9.81. The second-order valence-electron chi connectivity index (χ2n) is 9.59. The molecule has 0 radical (unpaired) electrons. The molecule has 3 N–H and O–H groups in total. The molecule has 0 aromatic carbocycles. The minimum Gasteiger partial charge on any atom is -0.458 e. The van der Waals surface area contributed by atoms with Gasteiger partial charge < -0.3 is 24.8 Å². The SMILES string of the molecule is CC(C)[C@]1(O)CC[C@]2(O)[C@]3(O[C@H]3C[C@H]3C4=C(CC[C@@]32C)C(=O)OC4)[C@@H]1O. The fourth-order valence-corrected chi connectivity index (χ4v) is 6.75. The number of cyclic esters (lactones) is 1. The normalized spacial score (nSPS) is 55.0. The monoisotopic (exact) mass is 364 g/mol. The molecule has 3 fully saturated rings. The Morgan fingerprint density at radius 1 is 1.19 bits per heavy atom. The van der Waals surface area contributed by atoms with Gasteiger partial charge in [-0.05, 0) is 49.5 Å². The number of rotatable bonds is 1. The van der Waals surface area contributed by atoms with Crippen LogP contribution >= 0.6 is 0 Å². The molecular weight excluding hydrogens is 336 g/mol. The van der Waals surface area contributed by atoms with E-state index in [0.717, 1.165) is 11.1 Å². The van der Waals surface area contributed by atoms with E-state index in [1.165, 1.54) is 0 Å². The highest BCUT2D eigenvalue weighted by atomic mass is 16.6. The Morgan fingerprint density at radius 3 is 2.62 bits per heavy atom. The third-order valence-corrected chi connectivity index (χ3v) is 8.64. The molecule has 26 heavy (non-hydrogen) atoms. The van der Waals surface area contributed by atoms with Crippen LogP contribution in [0.2, 0.25) is 0 Å². The van der Waals surface area contributed by atoms with Crippen molar-refractivity contribution < 1.29 is 29.6 Å². The van der Waals surface area contributed by atoms with Crippen molar-refractivity contribution in [1.82, 2.24) is 0 Å². The van der Waals surface area contributed by atoms with Crippen LogP contribution in [0.25, 0.3) is 0 Å². The standard InChI is InChI=1S/C20H28O6/c1-10(2)18(23)6-7-19(24)17(3)5-4-11-12(9-25-15(11)21)13(17)8-14-20(19,26-14)16(18)22/h10,13-14,16,22-24H,4-9H2,1-3H3/t13-,14-,16+,17-,18+,19+,20+/m0/s1. The van der Waals surface area contributed by atoms with Crippen molar-refractivity contribution in [2.45, 2.75) is 81.9 Å². The Kier molecular flexibility index (Phi) is 3.11. The molecule has 0 unspecified atom stereocenters. The molecule has 0 amide bonds. The minimum atomic E-state index is -1.25. The van der Waals surface area contributed by atoms with Crippen molar-refractivity contribution in [3.63, 3.8) is 0 Å². The highest BCUT2D eigenvalue weighted by molar-refractivity contribution is 5.92. The Hall–Kier alpha value is -0.950. The number of carbonyl (C=O) groups excluding carboxylic acids is 1. The average Bonchev–Trinajstić information content (AvgIpc) is 3.21. The third-order valence-electron chi connectivity index (χ3n) is 8.64. The number of carbonyl (C=O) groups is 1. The number of hydrogen-bond acceptors (Lipinski definition) is 6. The minimum absolute atomic E-state index is 0.0146. The van der Waals surface area contributed by atoms with Crippen LogP contribution in [0.15, 0.2) is 11.1 Å². The summed E-state index contributed by atoms with van der Waals surface area (Å²) in [7, 11) is 0. The van der Waals surface area contributed by atoms with Gasteiger partial charge in [0.2, 0.25) is 0 Å². The summed E-state index contributed by atoms with van der Waals surface area (Å²) in [5, 5.41) is 34.3. The van der Waals surface area contributed by atoms with Crippen LogP contribution < -0.4 is 0 Å².